The van der Waals surface area contributed by atoms with E-state index in [4.69, 9.17) is 23.2 Å². The maximum Gasteiger partial charge on any atom is 0.255 e. The van der Waals surface area contributed by atoms with Gasteiger partial charge in [0.1, 0.15) is 4.90 Å². The number of sulfonamides is 1. The minimum absolute atomic E-state index is 0.0872. The summed E-state index contributed by atoms with van der Waals surface area (Å²) < 4.78 is 27.8. The second kappa shape index (κ2) is 7.86. The van der Waals surface area contributed by atoms with Gasteiger partial charge in [0.05, 0.1) is 15.6 Å². The monoisotopic (exact) mass is 476 g/mol. The van der Waals surface area contributed by atoms with Crippen molar-refractivity contribution in [1.82, 2.24) is 9.21 Å². The van der Waals surface area contributed by atoms with Crippen molar-refractivity contribution in [3.05, 3.63) is 62.5 Å². The first-order chi connectivity index (χ1) is 12.3. The first-order valence-electron chi connectivity index (χ1n) is 7.80. The summed E-state index contributed by atoms with van der Waals surface area (Å²) in [5.74, 6) is -0.134. The van der Waals surface area contributed by atoms with Crippen LogP contribution in [0.2, 0.25) is 10.0 Å². The highest BCUT2D eigenvalue weighted by Crippen LogP contribution is 2.32. The van der Waals surface area contributed by atoms with Crippen LogP contribution < -0.4 is 0 Å². The van der Waals surface area contributed by atoms with Gasteiger partial charge in [0.2, 0.25) is 10.0 Å². The third-order valence-electron chi connectivity index (χ3n) is 4.15. The molecule has 0 aromatic heterocycles. The molecule has 0 bridgehead atoms. The molecule has 0 atom stereocenters. The van der Waals surface area contributed by atoms with Crippen LogP contribution in [0.5, 0.6) is 0 Å². The second-order valence-corrected chi connectivity index (χ2v) is 9.27. The normalized spacial score (nSPS) is 15.9. The average Bonchev–Trinajstić information content (AvgIpc) is 2.61. The number of benzene rings is 2. The van der Waals surface area contributed by atoms with Crippen LogP contribution in [0, 0.1) is 0 Å². The van der Waals surface area contributed by atoms with Crippen molar-refractivity contribution in [3.63, 3.8) is 0 Å². The van der Waals surface area contributed by atoms with E-state index in [1.807, 2.05) is 6.07 Å². The molecule has 0 spiro atoms. The highest BCUT2D eigenvalue weighted by molar-refractivity contribution is 9.10. The largest absolute Gasteiger partial charge is 0.336 e. The molecule has 1 aliphatic heterocycles. The molecule has 1 amide bonds. The predicted octanol–water partition coefficient (Wildman–Crippen LogP) is 3.90. The van der Waals surface area contributed by atoms with Crippen LogP contribution >= 0.6 is 39.1 Å². The lowest BCUT2D eigenvalue weighted by Crippen LogP contribution is -2.50. The van der Waals surface area contributed by atoms with Crippen LogP contribution in [0.3, 0.4) is 0 Å². The van der Waals surface area contributed by atoms with Gasteiger partial charge in [0.25, 0.3) is 5.91 Å². The molecule has 5 nitrogen and oxygen atoms in total. The Balaban J connectivity index is 1.76. The molecule has 2 aromatic rings. The Morgan fingerprint density at radius 2 is 1.50 bits per heavy atom. The van der Waals surface area contributed by atoms with Gasteiger partial charge in [-0.15, -0.1) is 0 Å². The van der Waals surface area contributed by atoms with Crippen LogP contribution in [0.4, 0.5) is 0 Å². The minimum atomic E-state index is -3.82. The molecule has 9 heteroatoms. The van der Waals surface area contributed by atoms with E-state index in [0.717, 1.165) is 0 Å². The van der Waals surface area contributed by atoms with Crippen molar-refractivity contribution in [2.24, 2.45) is 0 Å². The van der Waals surface area contributed by atoms with Gasteiger partial charge in [-0.05, 0) is 40.2 Å². The minimum Gasteiger partial charge on any atom is -0.336 e. The van der Waals surface area contributed by atoms with Crippen LogP contribution in [-0.2, 0) is 10.0 Å². The van der Waals surface area contributed by atoms with Crippen LogP contribution in [-0.4, -0.2) is 49.7 Å². The molecule has 0 saturated carbocycles. The van der Waals surface area contributed by atoms with Gasteiger partial charge < -0.3 is 4.90 Å². The van der Waals surface area contributed by atoms with Crippen molar-refractivity contribution < 1.29 is 13.2 Å². The predicted molar refractivity (Wildman–Crippen MR) is 105 cm³/mol. The highest BCUT2D eigenvalue weighted by Gasteiger charge is 2.33. The molecular weight excluding hydrogens is 463 g/mol. The van der Waals surface area contributed by atoms with Crippen LogP contribution in [0.15, 0.2) is 51.8 Å². The fourth-order valence-electron chi connectivity index (χ4n) is 2.79. The summed E-state index contributed by atoms with van der Waals surface area (Å²) in [4.78, 5) is 14.2. The summed E-state index contributed by atoms with van der Waals surface area (Å²) in [7, 11) is -3.82. The lowest BCUT2D eigenvalue weighted by molar-refractivity contribution is 0.0697. The standard InChI is InChI=1S/C17H15BrCl2N2O3S/c18-13-5-2-1-4-12(13)17(23)21-8-10-22(11-9-21)26(24,25)16-14(19)6-3-7-15(16)20/h1-7H,8-11H2. The maximum atomic E-state index is 12.9. The molecule has 3 rings (SSSR count). The highest BCUT2D eigenvalue weighted by atomic mass is 79.9. The first-order valence-corrected chi connectivity index (χ1v) is 10.8. The molecule has 26 heavy (non-hydrogen) atoms. The summed E-state index contributed by atoms with van der Waals surface area (Å²) in [5.41, 5.74) is 0.554. The number of halogens is 3. The van der Waals surface area contributed by atoms with Gasteiger partial charge in [-0.3, -0.25) is 4.79 Å². The number of amides is 1. The van der Waals surface area contributed by atoms with E-state index >= 15 is 0 Å². The van der Waals surface area contributed by atoms with Crippen molar-refractivity contribution in [2.45, 2.75) is 4.90 Å². The molecule has 0 aliphatic carbocycles. The third-order valence-corrected chi connectivity index (χ3v) is 7.69. The number of hydrogen-bond donors (Lipinski definition) is 0. The van der Waals surface area contributed by atoms with E-state index in [2.05, 4.69) is 15.9 Å². The van der Waals surface area contributed by atoms with Crippen molar-refractivity contribution in [3.8, 4) is 0 Å². The maximum absolute atomic E-state index is 12.9. The summed E-state index contributed by atoms with van der Waals surface area (Å²) in [6, 6.07) is 11.7. The SMILES string of the molecule is O=C(c1ccccc1Br)N1CCN(S(=O)(=O)c2c(Cl)cccc2Cl)CC1. The quantitative estimate of drug-likeness (QED) is 0.673. The Labute approximate surface area is 170 Å². The van der Waals surface area contributed by atoms with Crippen molar-refractivity contribution >= 4 is 55.1 Å². The van der Waals surface area contributed by atoms with E-state index < -0.39 is 10.0 Å². The Hall–Kier alpha value is -1.12. The zero-order valence-electron chi connectivity index (χ0n) is 13.5. The number of rotatable bonds is 3. The molecule has 0 radical (unpaired) electrons. The van der Waals surface area contributed by atoms with E-state index in [9.17, 15) is 13.2 Å². The van der Waals surface area contributed by atoms with Crippen LogP contribution in [0.1, 0.15) is 10.4 Å². The molecule has 0 N–H and O–H groups in total. The summed E-state index contributed by atoms with van der Waals surface area (Å²) in [5, 5.41) is 0.174. The number of carbonyl (C=O) groups excluding carboxylic acids is 1. The van der Waals surface area contributed by atoms with E-state index in [0.29, 0.717) is 23.1 Å². The molecule has 1 fully saturated rings. The number of hydrogen-bond acceptors (Lipinski definition) is 3. The summed E-state index contributed by atoms with van der Waals surface area (Å²) in [6.07, 6.45) is 0. The Morgan fingerprint density at radius 1 is 0.923 bits per heavy atom. The van der Waals surface area contributed by atoms with Crippen molar-refractivity contribution in [1.29, 1.82) is 0 Å². The molecule has 2 aromatic carbocycles. The van der Waals surface area contributed by atoms with E-state index in [1.165, 1.54) is 16.4 Å². The lowest BCUT2D eigenvalue weighted by Gasteiger charge is -2.34. The van der Waals surface area contributed by atoms with Gasteiger partial charge >= 0.3 is 0 Å². The van der Waals surface area contributed by atoms with Crippen LogP contribution in [0.25, 0.3) is 0 Å². The zero-order chi connectivity index (χ0) is 18.9. The van der Waals surface area contributed by atoms with Gasteiger partial charge in [-0.2, -0.15) is 4.31 Å². The smallest absolute Gasteiger partial charge is 0.255 e. The zero-order valence-corrected chi connectivity index (χ0v) is 17.4. The molecule has 138 valence electrons. The molecule has 1 heterocycles. The molecule has 1 saturated heterocycles. The van der Waals surface area contributed by atoms with E-state index in [-0.39, 0.29) is 33.9 Å². The number of carbonyl (C=O) groups is 1. The molecular formula is C17H15BrCl2N2O3S. The number of piperazine rings is 1. The van der Waals surface area contributed by atoms with Gasteiger partial charge in [-0.25, -0.2) is 8.42 Å². The fourth-order valence-corrected chi connectivity index (χ4v) is 5.76. The fraction of sp³-hybridized carbons (Fsp3) is 0.235. The van der Waals surface area contributed by atoms with Gasteiger partial charge in [-0.1, -0.05) is 41.4 Å². The Morgan fingerprint density at radius 3 is 2.08 bits per heavy atom. The summed E-state index contributed by atoms with van der Waals surface area (Å²) in [6.45, 7) is 0.948. The van der Waals surface area contributed by atoms with E-state index in [1.54, 1.807) is 29.2 Å². The first kappa shape index (κ1) is 19.6. The molecule has 0 unspecified atom stereocenters. The van der Waals surface area contributed by atoms with Gasteiger partial charge in [0, 0.05) is 30.7 Å². The van der Waals surface area contributed by atoms with Crippen molar-refractivity contribution in [2.75, 3.05) is 26.2 Å². The third kappa shape index (κ3) is 3.77. The lowest BCUT2D eigenvalue weighted by atomic mass is 10.2. The molecule has 1 aliphatic rings. The van der Waals surface area contributed by atoms with Gasteiger partial charge in [0.15, 0.2) is 0 Å². The Kier molecular flexibility index (Phi) is 5.94. The number of nitrogens with zero attached hydrogens (tertiary/aromatic N) is 2. The topological polar surface area (TPSA) is 57.7 Å². The summed E-state index contributed by atoms with van der Waals surface area (Å²) >= 11 is 15.5. The second-order valence-electron chi connectivity index (χ2n) is 5.73. The average molecular weight is 478 g/mol. The Bertz CT molecular complexity index is 925.